The third kappa shape index (κ3) is 3.37. The van der Waals surface area contributed by atoms with E-state index >= 15 is 0 Å². The summed E-state index contributed by atoms with van der Waals surface area (Å²) in [5.74, 6) is 2.05. The van der Waals surface area contributed by atoms with Crippen molar-refractivity contribution in [3.63, 3.8) is 0 Å². The van der Waals surface area contributed by atoms with Crippen molar-refractivity contribution < 1.29 is 9.32 Å². The molecular weight excluding hydrogens is 324 g/mol. The summed E-state index contributed by atoms with van der Waals surface area (Å²) < 4.78 is 5.38. The van der Waals surface area contributed by atoms with Gasteiger partial charge in [0, 0.05) is 10.8 Å². The molecule has 2 aromatic heterocycles. The van der Waals surface area contributed by atoms with Gasteiger partial charge in [-0.25, -0.2) is 0 Å². The number of amides is 1. The van der Waals surface area contributed by atoms with Crippen molar-refractivity contribution >= 4 is 17.2 Å². The molecule has 0 radical (unpaired) electrons. The number of nitrogens with zero attached hydrogens (tertiary/aromatic N) is 3. The van der Waals surface area contributed by atoms with Gasteiger partial charge in [0.1, 0.15) is 0 Å². The van der Waals surface area contributed by atoms with Gasteiger partial charge in [-0.3, -0.25) is 9.69 Å². The number of thiophene rings is 1. The normalized spacial score (nSPS) is 21.3. The highest BCUT2D eigenvalue weighted by Gasteiger charge is 2.34. The van der Waals surface area contributed by atoms with E-state index in [2.05, 4.69) is 38.7 Å². The number of hydrogen-bond donors (Lipinski definition) is 1. The Kier molecular flexibility index (Phi) is 4.37. The molecule has 7 heteroatoms. The van der Waals surface area contributed by atoms with Crippen LogP contribution in [0.15, 0.2) is 16.0 Å². The second-order valence-electron chi connectivity index (χ2n) is 6.70. The number of nitrogens with one attached hydrogen (secondary N) is 1. The molecule has 0 spiro atoms. The molecule has 1 atom stereocenters. The third-order valence-corrected chi connectivity index (χ3v) is 5.83. The number of aryl methyl sites for hydroxylation is 1. The summed E-state index contributed by atoms with van der Waals surface area (Å²) in [6, 6.07) is 2.19. The molecule has 1 saturated heterocycles. The monoisotopic (exact) mass is 346 g/mol. The molecule has 1 amide bonds. The summed E-state index contributed by atoms with van der Waals surface area (Å²) in [4.78, 5) is 20.2. The Balaban J connectivity index is 1.34. The first-order valence-electron chi connectivity index (χ1n) is 8.58. The van der Waals surface area contributed by atoms with Crippen LogP contribution < -0.4 is 5.32 Å². The van der Waals surface area contributed by atoms with Gasteiger partial charge in [-0.15, -0.1) is 11.3 Å². The maximum absolute atomic E-state index is 12.3. The zero-order valence-corrected chi connectivity index (χ0v) is 14.6. The number of aromatic nitrogens is 2. The van der Waals surface area contributed by atoms with Crippen molar-refractivity contribution in [2.75, 3.05) is 13.1 Å². The Hall–Kier alpha value is -1.73. The minimum atomic E-state index is 0.0561. The molecule has 2 fully saturated rings. The van der Waals surface area contributed by atoms with Gasteiger partial charge in [0.05, 0.1) is 19.1 Å². The zero-order valence-electron chi connectivity index (χ0n) is 13.8. The van der Waals surface area contributed by atoms with Crippen LogP contribution in [0.3, 0.4) is 0 Å². The van der Waals surface area contributed by atoms with Gasteiger partial charge in [-0.1, -0.05) is 5.16 Å². The largest absolute Gasteiger partial charge is 0.350 e. The smallest absolute Gasteiger partial charge is 0.234 e. The minimum absolute atomic E-state index is 0.0561. The fraction of sp³-hybridized carbons (Fsp3) is 0.588. The average molecular weight is 346 g/mol. The minimum Gasteiger partial charge on any atom is -0.350 e. The van der Waals surface area contributed by atoms with Gasteiger partial charge in [0.25, 0.3) is 0 Å². The van der Waals surface area contributed by atoms with Crippen LogP contribution in [-0.4, -0.2) is 34.0 Å². The molecule has 1 saturated carbocycles. The number of likely N-dealkylation sites (tertiary alicyclic amines) is 1. The van der Waals surface area contributed by atoms with E-state index in [-0.39, 0.29) is 11.9 Å². The van der Waals surface area contributed by atoms with Crippen molar-refractivity contribution in [1.82, 2.24) is 20.4 Å². The molecule has 4 rings (SSSR count). The molecule has 1 N–H and O–H groups in total. The van der Waals surface area contributed by atoms with E-state index in [1.165, 1.54) is 10.4 Å². The van der Waals surface area contributed by atoms with Crippen LogP contribution in [0, 0.1) is 6.92 Å². The number of rotatable bonds is 6. The van der Waals surface area contributed by atoms with Crippen LogP contribution in [0.25, 0.3) is 0 Å². The second kappa shape index (κ2) is 6.64. The SMILES string of the molecule is Cc1ccsc1CNC(=O)CN1CCC[C@H]1c1noc(C2CC2)n1. The Morgan fingerprint density at radius 1 is 1.46 bits per heavy atom. The van der Waals surface area contributed by atoms with E-state index in [1.807, 2.05) is 0 Å². The number of hydrogen-bond acceptors (Lipinski definition) is 6. The quantitative estimate of drug-likeness (QED) is 0.871. The van der Waals surface area contributed by atoms with Crippen LogP contribution in [-0.2, 0) is 11.3 Å². The molecule has 1 aliphatic carbocycles. The van der Waals surface area contributed by atoms with E-state index in [9.17, 15) is 4.79 Å². The number of carbonyl (C=O) groups is 1. The Morgan fingerprint density at radius 2 is 2.33 bits per heavy atom. The topological polar surface area (TPSA) is 71.3 Å². The predicted octanol–water partition coefficient (Wildman–Crippen LogP) is 2.77. The van der Waals surface area contributed by atoms with Crippen LogP contribution in [0.1, 0.15) is 59.8 Å². The van der Waals surface area contributed by atoms with Crippen molar-refractivity contribution in [1.29, 1.82) is 0 Å². The molecule has 3 heterocycles. The summed E-state index contributed by atoms with van der Waals surface area (Å²) in [6.45, 7) is 3.98. The Morgan fingerprint density at radius 3 is 3.08 bits per heavy atom. The zero-order chi connectivity index (χ0) is 16.5. The number of carbonyl (C=O) groups excluding carboxylic acids is 1. The molecule has 0 unspecified atom stereocenters. The van der Waals surface area contributed by atoms with E-state index in [4.69, 9.17) is 4.52 Å². The maximum Gasteiger partial charge on any atom is 0.234 e. The lowest BCUT2D eigenvalue weighted by molar-refractivity contribution is -0.122. The van der Waals surface area contributed by atoms with Crippen molar-refractivity contribution in [3.05, 3.63) is 33.6 Å². The van der Waals surface area contributed by atoms with Crippen LogP contribution in [0.2, 0.25) is 0 Å². The Labute approximate surface area is 145 Å². The van der Waals surface area contributed by atoms with Crippen LogP contribution in [0.5, 0.6) is 0 Å². The predicted molar refractivity (Wildman–Crippen MR) is 90.7 cm³/mol. The average Bonchev–Trinajstić information content (AvgIpc) is 2.97. The summed E-state index contributed by atoms with van der Waals surface area (Å²) >= 11 is 1.68. The first kappa shape index (κ1) is 15.8. The lowest BCUT2D eigenvalue weighted by Gasteiger charge is -2.21. The van der Waals surface area contributed by atoms with Crippen molar-refractivity contribution in [2.45, 2.75) is 51.1 Å². The molecule has 24 heavy (non-hydrogen) atoms. The molecule has 0 aromatic carbocycles. The van der Waals surface area contributed by atoms with Gasteiger partial charge in [0.2, 0.25) is 11.8 Å². The lowest BCUT2D eigenvalue weighted by Crippen LogP contribution is -2.36. The van der Waals surface area contributed by atoms with Gasteiger partial charge in [-0.2, -0.15) is 4.98 Å². The molecule has 2 aromatic rings. The fourth-order valence-electron chi connectivity index (χ4n) is 3.19. The van der Waals surface area contributed by atoms with Gasteiger partial charge >= 0.3 is 0 Å². The summed E-state index contributed by atoms with van der Waals surface area (Å²) in [5.41, 5.74) is 1.23. The van der Waals surface area contributed by atoms with Gasteiger partial charge in [-0.05, 0) is 56.2 Å². The first-order chi connectivity index (χ1) is 11.7. The molecule has 1 aliphatic heterocycles. The molecule has 2 aliphatic rings. The molecule has 128 valence electrons. The molecule has 0 bridgehead atoms. The standard InChI is InChI=1S/C17H22N4O2S/c1-11-6-8-24-14(11)9-18-15(22)10-21-7-2-3-13(21)16-19-17(23-20-16)12-4-5-12/h6,8,12-13H,2-5,7,9-10H2,1H3,(H,18,22)/t13-/m0/s1. The van der Waals surface area contributed by atoms with E-state index in [0.717, 1.165) is 43.9 Å². The maximum atomic E-state index is 12.3. The molecule has 6 nitrogen and oxygen atoms in total. The Bertz CT molecular complexity index is 722. The second-order valence-corrected chi connectivity index (χ2v) is 7.70. The third-order valence-electron chi connectivity index (χ3n) is 4.81. The first-order valence-corrected chi connectivity index (χ1v) is 9.46. The summed E-state index contributed by atoms with van der Waals surface area (Å²) in [6.07, 6.45) is 4.36. The highest BCUT2D eigenvalue weighted by atomic mass is 32.1. The van der Waals surface area contributed by atoms with Crippen LogP contribution >= 0.6 is 11.3 Å². The van der Waals surface area contributed by atoms with Crippen molar-refractivity contribution in [2.24, 2.45) is 0 Å². The summed E-state index contributed by atoms with van der Waals surface area (Å²) in [5, 5.41) is 9.24. The van der Waals surface area contributed by atoms with Crippen LogP contribution in [0.4, 0.5) is 0 Å². The highest BCUT2D eigenvalue weighted by Crippen LogP contribution is 2.40. The highest BCUT2D eigenvalue weighted by molar-refractivity contribution is 7.10. The summed E-state index contributed by atoms with van der Waals surface area (Å²) in [7, 11) is 0. The van der Waals surface area contributed by atoms with E-state index in [0.29, 0.717) is 19.0 Å². The van der Waals surface area contributed by atoms with Gasteiger partial charge in [0.15, 0.2) is 5.82 Å². The molecular formula is C17H22N4O2S. The lowest BCUT2D eigenvalue weighted by atomic mass is 10.2. The van der Waals surface area contributed by atoms with Crippen molar-refractivity contribution in [3.8, 4) is 0 Å². The fourth-order valence-corrected chi connectivity index (χ4v) is 4.04. The van der Waals surface area contributed by atoms with Gasteiger partial charge < -0.3 is 9.84 Å². The van der Waals surface area contributed by atoms with E-state index in [1.54, 1.807) is 11.3 Å². The van der Waals surface area contributed by atoms with E-state index < -0.39 is 0 Å².